The maximum atomic E-state index is 16.1. The van der Waals surface area contributed by atoms with Gasteiger partial charge in [0.25, 0.3) is 0 Å². The number of carboxylic acids is 3. The number of benzene rings is 1. The molecule has 8 N–H and O–H groups in total. The van der Waals surface area contributed by atoms with Crippen molar-refractivity contribution in [2.75, 3.05) is 46.1 Å². The van der Waals surface area contributed by atoms with Crippen molar-refractivity contribution >= 4 is 72.4 Å². The molecule has 0 saturated heterocycles. The molecule has 0 unspecified atom stereocenters. The van der Waals surface area contributed by atoms with Crippen LogP contribution < -0.4 is 26.0 Å². The van der Waals surface area contributed by atoms with Gasteiger partial charge in [-0.2, -0.15) is 0 Å². The summed E-state index contributed by atoms with van der Waals surface area (Å²) in [6.45, 7) is -3.39. The second kappa shape index (κ2) is 27.7. The lowest BCUT2D eigenvalue weighted by Crippen LogP contribution is -2.51. The Hall–Kier alpha value is -7.40. The molecule has 5 rings (SSSR count). The number of ether oxygens (including phenoxy) is 3. The van der Waals surface area contributed by atoms with Crippen LogP contribution >= 0.6 is 0 Å². The summed E-state index contributed by atoms with van der Waals surface area (Å²) >= 11 is 0. The minimum atomic E-state index is -4.17. The highest BCUT2D eigenvalue weighted by Gasteiger charge is 2.52. The zero-order chi connectivity index (χ0) is 51.2. The quantitative estimate of drug-likeness (QED) is 0.0310. The molecule has 71 heavy (non-hydrogen) atoms. The van der Waals surface area contributed by atoms with E-state index in [1.165, 1.54) is 0 Å². The second-order valence-electron chi connectivity index (χ2n) is 16.7. The van der Waals surface area contributed by atoms with Crippen molar-refractivity contribution < 1.29 is 76.2 Å². The number of rotatable bonds is 33. The van der Waals surface area contributed by atoms with Crippen molar-refractivity contribution in [2.45, 2.75) is 82.7 Å². The number of aromatic amines is 1. The van der Waals surface area contributed by atoms with Crippen LogP contribution in [0.15, 0.2) is 72.6 Å². The first kappa shape index (κ1) is 54.5. The van der Waals surface area contributed by atoms with Crippen LogP contribution in [0.3, 0.4) is 0 Å². The van der Waals surface area contributed by atoms with Crippen LogP contribution in [0.5, 0.6) is 5.75 Å². The summed E-state index contributed by atoms with van der Waals surface area (Å²) in [6, 6.07) is 10.0. The smallest absolute Gasteiger partial charge is 0.486 e. The van der Waals surface area contributed by atoms with Gasteiger partial charge in [0.1, 0.15) is 36.7 Å². The number of amides is 4. The van der Waals surface area contributed by atoms with Gasteiger partial charge in [0.15, 0.2) is 17.2 Å². The first-order valence-corrected chi connectivity index (χ1v) is 23.4. The number of aromatic nitrogens is 2. The van der Waals surface area contributed by atoms with Gasteiger partial charge in [0.2, 0.25) is 11.8 Å². The van der Waals surface area contributed by atoms with E-state index in [1.54, 1.807) is 85.1 Å². The number of unbranched alkanes of at least 4 members (excludes halogenated alkanes) is 4. The second-order valence-corrected chi connectivity index (χ2v) is 16.7. The highest BCUT2D eigenvalue weighted by Crippen LogP contribution is 2.34. The summed E-state index contributed by atoms with van der Waals surface area (Å²) in [7, 11) is 0. The van der Waals surface area contributed by atoms with Crippen molar-refractivity contribution in [3.05, 3.63) is 95.2 Å². The van der Waals surface area contributed by atoms with Crippen LogP contribution in [-0.4, -0.2) is 142 Å². The number of ketones is 1. The molecule has 0 aliphatic carbocycles. The van der Waals surface area contributed by atoms with Crippen LogP contribution in [0.1, 0.15) is 93.3 Å². The van der Waals surface area contributed by atoms with E-state index in [-0.39, 0.29) is 64.1 Å². The van der Waals surface area contributed by atoms with E-state index in [2.05, 4.69) is 26.3 Å². The SMILES string of the molecule is O=C(O)CC[C@H](NC(=O)N[C@@H](CCCCNC(=O)COCCOCCNC(=O)CCCCCCC(=O)COc1ccc(/C=C\c2ccc3n2[B-](F)(F)[N+]2=C(c4ccc[nH]4)C=CC2=C3)cc1)C(=O)O)C(=O)O. The summed E-state index contributed by atoms with van der Waals surface area (Å²) in [4.78, 5) is 85.3. The van der Waals surface area contributed by atoms with Gasteiger partial charge >= 0.3 is 30.9 Å². The number of carbonyl (C=O) groups excluding carboxylic acids is 4. The molecule has 2 aliphatic heterocycles. The van der Waals surface area contributed by atoms with Crippen molar-refractivity contribution in [2.24, 2.45) is 0 Å². The van der Waals surface area contributed by atoms with E-state index >= 15 is 8.63 Å². The van der Waals surface area contributed by atoms with Crippen LogP contribution in [0.25, 0.3) is 18.2 Å². The number of carbonyl (C=O) groups is 7. The number of aliphatic carboxylic acids is 3. The van der Waals surface area contributed by atoms with Crippen LogP contribution in [-0.2, 0) is 38.2 Å². The minimum absolute atomic E-state index is 0.00751. The van der Waals surface area contributed by atoms with Crippen LogP contribution in [0, 0.1) is 0 Å². The normalized spacial score (nSPS) is 14.3. The van der Waals surface area contributed by atoms with Crippen molar-refractivity contribution in [1.29, 1.82) is 0 Å². The number of Topliss-reactive ketones (excluding diaryl/α,β-unsaturated/α-hetero) is 1. The number of hydrogen-bond acceptors (Lipinski definition) is 10. The van der Waals surface area contributed by atoms with E-state index in [9.17, 15) is 38.7 Å². The van der Waals surface area contributed by atoms with Gasteiger partial charge in [-0.25, -0.2) is 14.4 Å². The van der Waals surface area contributed by atoms with Gasteiger partial charge in [-0.3, -0.25) is 19.2 Å². The van der Waals surface area contributed by atoms with E-state index in [0.29, 0.717) is 79.3 Å². The third-order valence-electron chi connectivity index (χ3n) is 11.3. The fourth-order valence-electron chi connectivity index (χ4n) is 7.68. The van der Waals surface area contributed by atoms with Crippen molar-refractivity contribution in [3.63, 3.8) is 0 Å². The Morgan fingerprint density at radius 2 is 1.42 bits per heavy atom. The van der Waals surface area contributed by atoms with Gasteiger partial charge in [-0.1, -0.05) is 31.1 Å². The lowest BCUT2D eigenvalue weighted by Gasteiger charge is -2.30. The molecule has 23 heteroatoms. The number of urea groups is 1. The summed E-state index contributed by atoms with van der Waals surface area (Å²) in [5, 5.41) is 36.9. The topological polar surface area (TPSA) is 280 Å². The Bertz CT molecular complexity index is 2450. The van der Waals surface area contributed by atoms with Crippen LogP contribution in [0.4, 0.5) is 13.4 Å². The maximum Gasteiger partial charge on any atom is 0.737 e. The third-order valence-corrected chi connectivity index (χ3v) is 11.3. The number of hydrogen-bond donors (Lipinski definition) is 8. The largest absolute Gasteiger partial charge is 0.737 e. The Morgan fingerprint density at radius 3 is 2.13 bits per heavy atom. The Morgan fingerprint density at radius 1 is 0.718 bits per heavy atom. The monoisotopic (exact) mass is 991 g/mol. The fraction of sp³-hybridized carbons (Fsp3) is 0.417. The number of H-pyrrole nitrogens is 1. The first-order chi connectivity index (χ1) is 34.1. The minimum Gasteiger partial charge on any atom is -0.486 e. The summed E-state index contributed by atoms with van der Waals surface area (Å²) in [5.74, 6) is -4.10. The number of carboxylic acid groups (broad SMARTS) is 3. The average molecular weight is 992 g/mol. The third kappa shape index (κ3) is 17.5. The molecule has 0 fully saturated rings. The standard InChI is InChI=1S/C48H60BF2N7O13/c50-49(51)57-34(16-17-35(57)30-36-18-22-42(58(36)49)39-10-7-25-52-39)15-12-33-13-19-38(20-14-33)71-31-37(59)8-3-1-2-4-11-43(60)54-26-27-69-28-29-70-32-44(61)53-24-6-5-9-40(46(64)65)55-48(68)56-41(47(66)67)21-23-45(62)63/h7,10,12-20,22,25,30,40-41,52H,1-6,8-9,11,21,23-24,26-29,31-32H2,(H,53,61)(H,54,60)(H,62,63)(H,64,65)(H,66,67)(H2,55,56,68)/b15-12-/t40-,41-/m0/s1. The molecule has 0 bridgehead atoms. The Kier molecular flexibility index (Phi) is 21.3. The number of nitrogens with zero attached hydrogens (tertiary/aromatic N) is 2. The van der Waals surface area contributed by atoms with E-state index in [0.717, 1.165) is 27.4 Å². The van der Waals surface area contributed by atoms with Gasteiger partial charge in [0, 0.05) is 68.2 Å². The van der Waals surface area contributed by atoms with E-state index in [1.807, 2.05) is 0 Å². The summed E-state index contributed by atoms with van der Waals surface area (Å²) < 4.78 is 50.7. The zero-order valence-electron chi connectivity index (χ0n) is 39.1. The predicted octanol–water partition coefficient (Wildman–Crippen LogP) is 4.43. The predicted molar refractivity (Wildman–Crippen MR) is 257 cm³/mol. The molecule has 0 saturated carbocycles. The van der Waals surface area contributed by atoms with Crippen molar-refractivity contribution in [3.8, 4) is 5.75 Å². The lowest BCUT2D eigenvalue weighted by molar-refractivity contribution is -0.360. The highest BCUT2D eigenvalue weighted by atomic mass is 19.2. The number of allylic oxidation sites excluding steroid dienone is 2. The molecule has 0 spiro atoms. The Labute approximate surface area is 408 Å². The van der Waals surface area contributed by atoms with E-state index < -0.39 is 55.3 Å². The van der Waals surface area contributed by atoms with Crippen molar-refractivity contribution in [1.82, 2.24) is 30.7 Å². The molecule has 2 atom stereocenters. The van der Waals surface area contributed by atoms with Gasteiger partial charge in [-0.05, 0) is 86.6 Å². The molecule has 0 radical (unpaired) electrons. The molecule has 1 aromatic carbocycles. The van der Waals surface area contributed by atoms with Crippen LogP contribution in [0.2, 0.25) is 0 Å². The molecule has 2 aliphatic rings. The first-order valence-electron chi connectivity index (χ1n) is 23.4. The highest BCUT2D eigenvalue weighted by molar-refractivity contribution is 6.58. The molecule has 3 aromatic rings. The molecular weight excluding hydrogens is 931 g/mol. The molecule has 4 amide bonds. The fourth-order valence-corrected chi connectivity index (χ4v) is 7.68. The molecule has 382 valence electrons. The number of fused-ring (bicyclic) bond motifs is 2. The Balaban J connectivity index is 0.829. The van der Waals surface area contributed by atoms with Gasteiger partial charge in [0.05, 0.1) is 19.8 Å². The zero-order valence-corrected chi connectivity index (χ0v) is 39.1. The number of nitrogens with one attached hydrogen (secondary N) is 5. The molecular formula is C48H60BF2N7O13. The number of halogens is 2. The maximum absolute atomic E-state index is 16.1. The van der Waals surface area contributed by atoms with Gasteiger partial charge in [-0.15, -0.1) is 0 Å². The average Bonchev–Trinajstić information content (AvgIpc) is 4.12. The molecule has 20 nitrogen and oxygen atoms in total. The summed E-state index contributed by atoms with van der Waals surface area (Å²) in [5.41, 5.74) is 3.01. The lowest BCUT2D eigenvalue weighted by atomic mass is 9.90. The summed E-state index contributed by atoms with van der Waals surface area (Å²) in [6.07, 6.45) is 13.6. The van der Waals surface area contributed by atoms with Gasteiger partial charge < -0.3 is 73.4 Å². The van der Waals surface area contributed by atoms with E-state index in [4.69, 9.17) is 24.4 Å². The molecule has 4 heterocycles. The molecule has 2 aromatic heterocycles.